The number of rotatable bonds is 4. The van der Waals surface area contributed by atoms with Gasteiger partial charge in [0.15, 0.2) is 11.5 Å². The topological polar surface area (TPSA) is 30.5 Å². The molecule has 0 atom stereocenters. The summed E-state index contributed by atoms with van der Waals surface area (Å²) < 4.78 is 12.6. The molecule has 2 rings (SSSR count). The van der Waals surface area contributed by atoms with E-state index in [1.54, 1.807) is 0 Å². The van der Waals surface area contributed by atoms with Gasteiger partial charge < -0.3 is 14.8 Å². The van der Waals surface area contributed by atoms with Gasteiger partial charge in [-0.2, -0.15) is 0 Å². The predicted octanol–water partition coefficient (Wildman–Crippen LogP) is 3.11. The van der Waals surface area contributed by atoms with Crippen molar-refractivity contribution < 1.29 is 9.47 Å². The van der Waals surface area contributed by atoms with E-state index in [0.29, 0.717) is 19.1 Å². The first-order valence-electron chi connectivity index (χ1n) is 6.40. The Hall–Kier alpha value is -0.740. The molecule has 0 fully saturated rings. The molecule has 0 aromatic heterocycles. The molecule has 0 unspecified atom stereocenters. The second-order valence-electron chi connectivity index (χ2n) is 4.79. The van der Waals surface area contributed by atoms with Crippen LogP contribution in [0, 0.1) is 0 Å². The lowest BCUT2D eigenvalue weighted by atomic mass is 9.93. The van der Waals surface area contributed by atoms with Gasteiger partial charge in [0.05, 0.1) is 4.47 Å². The molecule has 0 saturated heterocycles. The lowest BCUT2D eigenvalue weighted by Crippen LogP contribution is -2.19. The third-order valence-corrected chi connectivity index (χ3v) is 3.70. The average Bonchev–Trinajstić information content (AvgIpc) is 2.36. The molecule has 0 radical (unpaired) electrons. The SMILES string of the molecule is CNCCc1cc(Br)c2c(c1C(C)C)OCCO2. The highest BCUT2D eigenvalue weighted by Gasteiger charge is 2.24. The maximum absolute atomic E-state index is 5.84. The van der Waals surface area contributed by atoms with Crippen molar-refractivity contribution in [3.05, 3.63) is 21.7 Å². The van der Waals surface area contributed by atoms with Crippen molar-refractivity contribution in [3.63, 3.8) is 0 Å². The van der Waals surface area contributed by atoms with E-state index in [4.69, 9.17) is 9.47 Å². The Morgan fingerprint density at radius 1 is 1.28 bits per heavy atom. The molecular weight excluding hydrogens is 294 g/mol. The van der Waals surface area contributed by atoms with Gasteiger partial charge in [-0.25, -0.2) is 0 Å². The van der Waals surface area contributed by atoms with Gasteiger partial charge in [0.25, 0.3) is 0 Å². The van der Waals surface area contributed by atoms with Crippen LogP contribution in [0.15, 0.2) is 10.5 Å². The van der Waals surface area contributed by atoms with Crippen molar-refractivity contribution >= 4 is 15.9 Å². The largest absolute Gasteiger partial charge is 0.486 e. The zero-order valence-electron chi connectivity index (χ0n) is 11.2. The standard InChI is InChI=1S/C14H20BrNO2/c1-9(2)12-10(4-5-16-3)8-11(15)13-14(12)18-7-6-17-13/h8-9,16H,4-7H2,1-3H3. The molecular formula is C14H20BrNO2. The number of nitrogens with one attached hydrogen (secondary N) is 1. The van der Waals surface area contributed by atoms with E-state index >= 15 is 0 Å². The molecule has 3 nitrogen and oxygen atoms in total. The lowest BCUT2D eigenvalue weighted by molar-refractivity contribution is 0.168. The van der Waals surface area contributed by atoms with Crippen LogP contribution < -0.4 is 14.8 Å². The Bertz CT molecular complexity index is 432. The third kappa shape index (κ3) is 2.64. The summed E-state index contributed by atoms with van der Waals surface area (Å²) >= 11 is 3.58. The minimum absolute atomic E-state index is 0.431. The Balaban J connectivity index is 2.49. The van der Waals surface area contributed by atoms with Gasteiger partial charge in [0, 0.05) is 5.56 Å². The van der Waals surface area contributed by atoms with E-state index in [0.717, 1.165) is 28.9 Å². The quantitative estimate of drug-likeness (QED) is 0.926. The minimum Gasteiger partial charge on any atom is -0.486 e. The molecule has 1 heterocycles. The normalized spacial score (nSPS) is 14.1. The molecule has 1 aliphatic heterocycles. The molecule has 0 bridgehead atoms. The zero-order chi connectivity index (χ0) is 13.1. The van der Waals surface area contributed by atoms with Crippen LogP contribution in [0.5, 0.6) is 11.5 Å². The molecule has 0 amide bonds. The van der Waals surface area contributed by atoms with Crippen LogP contribution >= 0.6 is 15.9 Å². The fraction of sp³-hybridized carbons (Fsp3) is 0.571. The monoisotopic (exact) mass is 313 g/mol. The van der Waals surface area contributed by atoms with Crippen molar-refractivity contribution in [1.82, 2.24) is 5.32 Å². The van der Waals surface area contributed by atoms with Gasteiger partial charge in [-0.1, -0.05) is 13.8 Å². The predicted molar refractivity (Wildman–Crippen MR) is 76.9 cm³/mol. The first-order valence-corrected chi connectivity index (χ1v) is 7.20. The fourth-order valence-corrected chi connectivity index (χ4v) is 2.91. The van der Waals surface area contributed by atoms with Gasteiger partial charge in [0.2, 0.25) is 0 Å². The number of hydrogen-bond acceptors (Lipinski definition) is 3. The van der Waals surface area contributed by atoms with Crippen LogP contribution in [0.25, 0.3) is 0 Å². The number of fused-ring (bicyclic) bond motifs is 1. The van der Waals surface area contributed by atoms with E-state index in [1.807, 2.05) is 7.05 Å². The minimum atomic E-state index is 0.431. The smallest absolute Gasteiger partial charge is 0.175 e. The Morgan fingerprint density at radius 2 is 1.94 bits per heavy atom. The zero-order valence-corrected chi connectivity index (χ0v) is 12.8. The molecule has 0 aliphatic carbocycles. The van der Waals surface area contributed by atoms with Crippen molar-refractivity contribution in [2.75, 3.05) is 26.8 Å². The molecule has 100 valence electrons. The summed E-state index contributed by atoms with van der Waals surface area (Å²) in [6.45, 7) is 6.62. The Morgan fingerprint density at radius 3 is 2.56 bits per heavy atom. The molecule has 1 N–H and O–H groups in total. The summed E-state index contributed by atoms with van der Waals surface area (Å²) in [5, 5.41) is 3.19. The van der Waals surface area contributed by atoms with E-state index in [2.05, 4.69) is 41.2 Å². The highest BCUT2D eigenvalue weighted by molar-refractivity contribution is 9.10. The first-order chi connectivity index (χ1) is 8.65. The second kappa shape index (κ2) is 5.93. The summed E-state index contributed by atoms with van der Waals surface area (Å²) in [6, 6.07) is 2.17. The highest BCUT2D eigenvalue weighted by Crippen LogP contribution is 2.45. The molecule has 0 spiro atoms. The number of likely N-dealkylation sites (N-methyl/N-ethyl adjacent to an activating group) is 1. The van der Waals surface area contributed by atoms with Crippen LogP contribution in [-0.4, -0.2) is 26.8 Å². The molecule has 18 heavy (non-hydrogen) atoms. The van der Waals surface area contributed by atoms with Gasteiger partial charge in [-0.15, -0.1) is 0 Å². The number of halogens is 1. The summed E-state index contributed by atoms with van der Waals surface area (Å²) in [5.74, 6) is 2.22. The van der Waals surface area contributed by atoms with Gasteiger partial charge in [0.1, 0.15) is 13.2 Å². The molecule has 1 aromatic carbocycles. The molecule has 4 heteroatoms. The van der Waals surface area contributed by atoms with Crippen molar-refractivity contribution in [2.24, 2.45) is 0 Å². The fourth-order valence-electron chi connectivity index (χ4n) is 2.34. The third-order valence-electron chi connectivity index (χ3n) is 3.11. The molecule has 0 saturated carbocycles. The van der Waals surface area contributed by atoms with Crippen LogP contribution in [0.4, 0.5) is 0 Å². The summed E-state index contributed by atoms with van der Waals surface area (Å²) in [4.78, 5) is 0. The highest BCUT2D eigenvalue weighted by atomic mass is 79.9. The van der Waals surface area contributed by atoms with Crippen LogP contribution in [0.2, 0.25) is 0 Å². The maximum atomic E-state index is 5.84. The maximum Gasteiger partial charge on any atom is 0.175 e. The summed E-state index contributed by atoms with van der Waals surface area (Å²) in [6.07, 6.45) is 0.999. The average molecular weight is 314 g/mol. The van der Waals surface area contributed by atoms with Crippen molar-refractivity contribution in [1.29, 1.82) is 0 Å². The van der Waals surface area contributed by atoms with E-state index in [-0.39, 0.29) is 0 Å². The first kappa shape index (κ1) is 13.7. The van der Waals surface area contributed by atoms with Gasteiger partial charge in [-0.3, -0.25) is 0 Å². The number of ether oxygens (including phenoxy) is 2. The number of benzene rings is 1. The van der Waals surface area contributed by atoms with Crippen molar-refractivity contribution in [2.45, 2.75) is 26.2 Å². The Kier molecular flexibility index (Phi) is 4.51. The van der Waals surface area contributed by atoms with Crippen molar-refractivity contribution in [3.8, 4) is 11.5 Å². The van der Waals surface area contributed by atoms with E-state index < -0.39 is 0 Å². The lowest BCUT2D eigenvalue weighted by Gasteiger charge is -2.26. The van der Waals surface area contributed by atoms with Crippen LogP contribution in [0.3, 0.4) is 0 Å². The summed E-state index contributed by atoms with van der Waals surface area (Å²) in [5.41, 5.74) is 2.61. The molecule has 1 aliphatic rings. The van der Waals surface area contributed by atoms with Crippen LogP contribution in [0.1, 0.15) is 30.9 Å². The van der Waals surface area contributed by atoms with Crippen LogP contribution in [-0.2, 0) is 6.42 Å². The summed E-state index contributed by atoms with van der Waals surface area (Å²) in [7, 11) is 1.97. The Labute approximate surface area is 117 Å². The second-order valence-corrected chi connectivity index (χ2v) is 5.65. The van der Waals surface area contributed by atoms with E-state index in [9.17, 15) is 0 Å². The van der Waals surface area contributed by atoms with Gasteiger partial charge in [-0.05, 0) is 53.5 Å². The number of hydrogen-bond donors (Lipinski definition) is 1. The van der Waals surface area contributed by atoms with E-state index in [1.165, 1.54) is 11.1 Å². The van der Waals surface area contributed by atoms with Gasteiger partial charge >= 0.3 is 0 Å². The molecule has 1 aromatic rings.